The van der Waals surface area contributed by atoms with Crippen molar-refractivity contribution in [1.29, 1.82) is 0 Å². The maximum atomic E-state index is 12.3. The standard InChI is InChI=1S/C14H14ClNO4/c1-14-6-9(11(13(18)19)12(17)16(14)2)8-5-7(15)3-4-10(8)20-14/h3-5,9,11H,6H2,1-2H3,(H,18,19)/p-1/t9-,11-,14-/m0/s1. The number of carboxylic acids is 1. The van der Waals surface area contributed by atoms with Gasteiger partial charge >= 0.3 is 0 Å². The first-order valence-corrected chi connectivity index (χ1v) is 6.68. The monoisotopic (exact) mass is 294 g/mol. The summed E-state index contributed by atoms with van der Waals surface area (Å²) in [7, 11) is 1.55. The number of aliphatic carboxylic acids is 1. The minimum absolute atomic E-state index is 0.404. The van der Waals surface area contributed by atoms with Crippen molar-refractivity contribution in [2.45, 2.75) is 25.0 Å². The van der Waals surface area contributed by atoms with Crippen LogP contribution < -0.4 is 9.84 Å². The van der Waals surface area contributed by atoms with Crippen LogP contribution in [-0.2, 0) is 9.59 Å². The van der Waals surface area contributed by atoms with E-state index in [1.165, 1.54) is 4.90 Å². The van der Waals surface area contributed by atoms with Gasteiger partial charge in [-0.2, -0.15) is 0 Å². The second kappa shape index (κ2) is 4.12. The number of ether oxygens (including phenoxy) is 1. The zero-order valence-electron chi connectivity index (χ0n) is 11.1. The summed E-state index contributed by atoms with van der Waals surface area (Å²) in [5.41, 5.74) is -0.181. The molecule has 2 heterocycles. The average Bonchev–Trinajstić information content (AvgIpc) is 2.37. The Hall–Kier alpha value is -1.75. The summed E-state index contributed by atoms with van der Waals surface area (Å²) in [4.78, 5) is 25.0. The Balaban J connectivity index is 2.19. The van der Waals surface area contributed by atoms with Crippen LogP contribution >= 0.6 is 11.6 Å². The number of rotatable bonds is 1. The molecular formula is C14H13ClNO4-. The van der Waals surface area contributed by atoms with Crippen molar-refractivity contribution in [1.82, 2.24) is 4.90 Å². The van der Waals surface area contributed by atoms with Gasteiger partial charge < -0.3 is 19.5 Å². The van der Waals surface area contributed by atoms with Gasteiger partial charge in [-0.05, 0) is 25.1 Å². The summed E-state index contributed by atoms with van der Waals surface area (Å²) >= 11 is 5.97. The molecule has 0 aromatic heterocycles. The van der Waals surface area contributed by atoms with Gasteiger partial charge in [0.2, 0.25) is 5.91 Å². The molecule has 0 spiro atoms. The number of amides is 1. The van der Waals surface area contributed by atoms with Crippen molar-refractivity contribution in [3.05, 3.63) is 28.8 Å². The number of likely N-dealkylation sites (tertiary alicyclic amines) is 1. The molecular weight excluding hydrogens is 282 g/mol. The topological polar surface area (TPSA) is 69.7 Å². The Morgan fingerprint density at radius 3 is 2.90 bits per heavy atom. The molecule has 1 amide bonds. The summed E-state index contributed by atoms with van der Waals surface area (Å²) in [6.45, 7) is 1.78. The maximum absolute atomic E-state index is 12.3. The van der Waals surface area contributed by atoms with Crippen LogP contribution in [0.2, 0.25) is 5.02 Å². The number of hydrogen-bond donors (Lipinski definition) is 0. The largest absolute Gasteiger partial charge is 0.549 e. The fourth-order valence-electron chi connectivity index (χ4n) is 3.08. The van der Waals surface area contributed by atoms with E-state index in [-0.39, 0.29) is 0 Å². The van der Waals surface area contributed by atoms with Crippen LogP contribution in [-0.4, -0.2) is 29.5 Å². The first-order chi connectivity index (χ1) is 9.33. The molecule has 20 heavy (non-hydrogen) atoms. The number of carbonyl (C=O) groups excluding carboxylic acids is 2. The molecule has 1 aromatic rings. The number of hydrogen-bond acceptors (Lipinski definition) is 4. The number of benzene rings is 1. The summed E-state index contributed by atoms with van der Waals surface area (Å²) in [6.07, 6.45) is 0.404. The molecule has 0 radical (unpaired) electrons. The van der Waals surface area contributed by atoms with Crippen LogP contribution in [0.4, 0.5) is 0 Å². The Morgan fingerprint density at radius 1 is 1.55 bits per heavy atom. The van der Waals surface area contributed by atoms with Gasteiger partial charge in [0.1, 0.15) is 5.75 Å². The highest BCUT2D eigenvalue weighted by atomic mass is 35.5. The third-order valence-electron chi connectivity index (χ3n) is 4.26. The average molecular weight is 295 g/mol. The molecule has 3 rings (SSSR count). The first kappa shape index (κ1) is 13.2. The van der Waals surface area contributed by atoms with Crippen molar-refractivity contribution in [2.24, 2.45) is 5.92 Å². The van der Waals surface area contributed by atoms with Gasteiger partial charge in [-0.15, -0.1) is 0 Å². The number of carboxylic acid groups (broad SMARTS) is 1. The summed E-state index contributed by atoms with van der Waals surface area (Å²) in [5, 5.41) is 11.9. The van der Waals surface area contributed by atoms with Gasteiger partial charge in [-0.25, -0.2) is 0 Å². The van der Waals surface area contributed by atoms with Gasteiger partial charge in [-0.1, -0.05) is 11.6 Å². The van der Waals surface area contributed by atoms with E-state index in [1.54, 1.807) is 32.2 Å². The van der Waals surface area contributed by atoms with Gasteiger partial charge in [0, 0.05) is 30.0 Å². The van der Waals surface area contributed by atoms with Crippen molar-refractivity contribution >= 4 is 23.5 Å². The molecule has 2 bridgehead atoms. The zero-order chi connectivity index (χ0) is 14.7. The molecule has 106 valence electrons. The summed E-state index contributed by atoms with van der Waals surface area (Å²) in [6, 6.07) is 5.05. The fourth-order valence-corrected chi connectivity index (χ4v) is 3.26. The quantitative estimate of drug-likeness (QED) is 0.717. The molecule has 3 atom stereocenters. The lowest BCUT2D eigenvalue weighted by atomic mass is 9.74. The van der Waals surface area contributed by atoms with Gasteiger partial charge in [0.25, 0.3) is 0 Å². The van der Waals surface area contributed by atoms with E-state index in [9.17, 15) is 14.7 Å². The second-order valence-electron chi connectivity index (χ2n) is 5.46. The van der Waals surface area contributed by atoms with E-state index in [0.29, 0.717) is 22.8 Å². The van der Waals surface area contributed by atoms with Crippen LogP contribution in [0, 0.1) is 5.92 Å². The van der Waals surface area contributed by atoms with E-state index in [2.05, 4.69) is 0 Å². The Kier molecular flexibility index (Phi) is 2.73. The van der Waals surface area contributed by atoms with Crippen molar-refractivity contribution in [2.75, 3.05) is 7.05 Å². The number of fused-ring (bicyclic) bond motifs is 4. The lowest BCUT2D eigenvalue weighted by Gasteiger charge is -2.52. The molecule has 6 heteroatoms. The minimum atomic E-state index is -1.36. The van der Waals surface area contributed by atoms with Gasteiger partial charge in [0.15, 0.2) is 5.72 Å². The SMILES string of the molecule is CN1C(=O)[C@@H](C(=O)[O-])[C@H]2C[C@]1(C)Oc1ccc(Cl)cc12. The smallest absolute Gasteiger partial charge is 0.234 e. The highest BCUT2D eigenvalue weighted by Crippen LogP contribution is 2.50. The van der Waals surface area contributed by atoms with Crippen LogP contribution in [0.1, 0.15) is 24.8 Å². The van der Waals surface area contributed by atoms with E-state index in [1.807, 2.05) is 0 Å². The maximum Gasteiger partial charge on any atom is 0.234 e. The van der Waals surface area contributed by atoms with Gasteiger partial charge in [-0.3, -0.25) is 4.79 Å². The Morgan fingerprint density at radius 2 is 2.25 bits per heavy atom. The fraction of sp³-hybridized carbons (Fsp3) is 0.429. The van der Waals surface area contributed by atoms with E-state index < -0.39 is 29.4 Å². The second-order valence-corrected chi connectivity index (χ2v) is 5.90. The predicted octanol–water partition coefficient (Wildman–Crippen LogP) is 0.760. The molecule has 0 saturated carbocycles. The van der Waals surface area contributed by atoms with Crippen molar-refractivity contribution < 1.29 is 19.4 Å². The molecule has 1 saturated heterocycles. The lowest BCUT2D eigenvalue weighted by Crippen LogP contribution is -2.63. The lowest BCUT2D eigenvalue weighted by molar-refractivity contribution is -0.313. The normalized spacial score (nSPS) is 31.6. The minimum Gasteiger partial charge on any atom is -0.549 e. The molecule has 0 aliphatic carbocycles. The molecule has 1 aromatic carbocycles. The Labute approximate surface area is 121 Å². The molecule has 0 N–H and O–H groups in total. The number of carbonyl (C=O) groups is 2. The van der Waals surface area contributed by atoms with Gasteiger partial charge in [0.05, 0.1) is 11.9 Å². The molecule has 2 aliphatic rings. The van der Waals surface area contributed by atoms with Crippen LogP contribution in [0.15, 0.2) is 18.2 Å². The third-order valence-corrected chi connectivity index (χ3v) is 4.50. The third kappa shape index (κ3) is 1.69. The molecule has 1 fully saturated rings. The highest BCUT2D eigenvalue weighted by molar-refractivity contribution is 6.30. The summed E-state index contributed by atoms with van der Waals surface area (Å²) < 4.78 is 5.89. The Bertz CT molecular complexity index is 617. The highest BCUT2D eigenvalue weighted by Gasteiger charge is 2.52. The number of piperidine rings is 1. The number of nitrogens with zero attached hydrogens (tertiary/aromatic N) is 1. The van der Waals surface area contributed by atoms with Crippen LogP contribution in [0.25, 0.3) is 0 Å². The predicted molar refractivity (Wildman–Crippen MR) is 69.1 cm³/mol. The zero-order valence-corrected chi connectivity index (χ0v) is 11.8. The first-order valence-electron chi connectivity index (χ1n) is 6.30. The van der Waals surface area contributed by atoms with Crippen LogP contribution in [0.5, 0.6) is 5.75 Å². The van der Waals surface area contributed by atoms with Crippen molar-refractivity contribution in [3.63, 3.8) is 0 Å². The number of halogens is 1. The molecule has 5 nitrogen and oxygen atoms in total. The van der Waals surface area contributed by atoms with E-state index in [0.717, 1.165) is 0 Å². The molecule has 2 aliphatic heterocycles. The van der Waals surface area contributed by atoms with Crippen molar-refractivity contribution in [3.8, 4) is 5.75 Å². The van der Waals surface area contributed by atoms with E-state index in [4.69, 9.17) is 16.3 Å². The molecule has 0 unspecified atom stereocenters. The van der Waals surface area contributed by atoms with E-state index >= 15 is 0 Å². The van der Waals surface area contributed by atoms with Crippen LogP contribution in [0.3, 0.4) is 0 Å². The summed E-state index contributed by atoms with van der Waals surface area (Å²) in [5.74, 6) is -2.96.